The number of methoxy groups -OCH3 is 1. The van der Waals surface area contributed by atoms with Crippen molar-refractivity contribution in [2.24, 2.45) is 0 Å². The first-order valence-electron chi connectivity index (χ1n) is 8.52. The molecule has 0 aliphatic rings. The van der Waals surface area contributed by atoms with Gasteiger partial charge in [0.2, 0.25) is 5.82 Å². The van der Waals surface area contributed by atoms with E-state index in [1.807, 2.05) is 55.5 Å². The van der Waals surface area contributed by atoms with Crippen LogP contribution in [0, 0.1) is 0 Å². The maximum atomic E-state index is 12.0. The Hall–Kier alpha value is -3.35. The molecule has 3 aromatic rings. The summed E-state index contributed by atoms with van der Waals surface area (Å²) in [5, 5.41) is 3.90. The van der Waals surface area contributed by atoms with Crippen LogP contribution in [0.25, 0.3) is 11.4 Å². The Labute approximate surface area is 156 Å². The molecular formula is C20H20N2O5. The van der Waals surface area contributed by atoms with Crippen molar-refractivity contribution < 1.29 is 23.5 Å². The topological polar surface area (TPSA) is 83.7 Å². The van der Waals surface area contributed by atoms with Crippen LogP contribution in [0.5, 0.6) is 11.5 Å². The summed E-state index contributed by atoms with van der Waals surface area (Å²) in [6.07, 6.45) is 0.159. The summed E-state index contributed by atoms with van der Waals surface area (Å²) in [7, 11) is 1.60. The lowest BCUT2D eigenvalue weighted by molar-refractivity contribution is -0.144. The second kappa shape index (κ2) is 8.84. The van der Waals surface area contributed by atoms with E-state index in [0.717, 1.165) is 22.6 Å². The van der Waals surface area contributed by atoms with Crippen LogP contribution in [-0.4, -0.2) is 29.8 Å². The summed E-state index contributed by atoms with van der Waals surface area (Å²) in [6, 6.07) is 14.6. The number of benzene rings is 2. The molecule has 1 aromatic heterocycles. The third-order valence-electron chi connectivity index (χ3n) is 3.76. The molecule has 0 saturated heterocycles. The molecule has 7 heteroatoms. The number of hydrogen-bond acceptors (Lipinski definition) is 7. The Bertz CT molecular complexity index is 872. The molecule has 2 aromatic carbocycles. The highest BCUT2D eigenvalue weighted by atomic mass is 16.6. The van der Waals surface area contributed by atoms with E-state index in [0.29, 0.717) is 12.4 Å². The van der Waals surface area contributed by atoms with E-state index in [1.54, 1.807) is 7.11 Å². The summed E-state index contributed by atoms with van der Waals surface area (Å²) >= 11 is 0. The summed E-state index contributed by atoms with van der Waals surface area (Å²) in [5.41, 5.74) is 1.62. The van der Waals surface area contributed by atoms with Gasteiger partial charge >= 0.3 is 5.97 Å². The Morgan fingerprint density at radius 3 is 2.41 bits per heavy atom. The van der Waals surface area contributed by atoms with Crippen LogP contribution in [-0.2, 0) is 22.6 Å². The van der Waals surface area contributed by atoms with Crippen LogP contribution >= 0.6 is 0 Å². The van der Waals surface area contributed by atoms with Crippen LogP contribution in [0.1, 0.15) is 18.4 Å². The Morgan fingerprint density at radius 2 is 1.74 bits per heavy atom. The van der Waals surface area contributed by atoms with Gasteiger partial charge in [0, 0.05) is 5.56 Å². The Balaban J connectivity index is 1.52. The number of carbonyl (C=O) groups is 1. The lowest BCUT2D eigenvalue weighted by Gasteiger charge is -2.05. The molecule has 27 heavy (non-hydrogen) atoms. The van der Waals surface area contributed by atoms with Gasteiger partial charge in [-0.3, -0.25) is 4.79 Å². The van der Waals surface area contributed by atoms with Gasteiger partial charge in [-0.05, 0) is 48.9 Å². The Morgan fingerprint density at radius 1 is 1.04 bits per heavy atom. The molecule has 0 N–H and O–H groups in total. The van der Waals surface area contributed by atoms with Crippen LogP contribution in [0.15, 0.2) is 53.1 Å². The van der Waals surface area contributed by atoms with E-state index in [1.165, 1.54) is 0 Å². The van der Waals surface area contributed by atoms with Crippen molar-refractivity contribution >= 4 is 5.97 Å². The molecular weight excluding hydrogens is 348 g/mol. The van der Waals surface area contributed by atoms with Crippen molar-refractivity contribution in [3.8, 4) is 22.9 Å². The molecule has 0 saturated carbocycles. The highest BCUT2D eigenvalue weighted by Gasteiger charge is 2.12. The summed E-state index contributed by atoms with van der Waals surface area (Å²) in [6.45, 7) is 2.45. The van der Waals surface area contributed by atoms with Crippen molar-refractivity contribution in [3.63, 3.8) is 0 Å². The Kier molecular flexibility index (Phi) is 6.04. The largest absolute Gasteiger partial charge is 0.497 e. The first-order valence-corrected chi connectivity index (χ1v) is 8.52. The van der Waals surface area contributed by atoms with Gasteiger partial charge in [-0.2, -0.15) is 4.98 Å². The molecule has 0 aliphatic heterocycles. The highest BCUT2D eigenvalue weighted by Crippen LogP contribution is 2.20. The van der Waals surface area contributed by atoms with E-state index in [2.05, 4.69) is 10.1 Å². The molecule has 0 atom stereocenters. The van der Waals surface area contributed by atoms with E-state index >= 15 is 0 Å². The second-order valence-corrected chi connectivity index (χ2v) is 5.65. The van der Waals surface area contributed by atoms with E-state index in [9.17, 15) is 4.79 Å². The van der Waals surface area contributed by atoms with Gasteiger partial charge in [-0.15, -0.1) is 0 Å². The first-order chi connectivity index (χ1) is 13.2. The minimum atomic E-state index is -0.372. The summed E-state index contributed by atoms with van der Waals surface area (Å²) < 4.78 is 20.8. The molecule has 0 aliphatic carbocycles. The zero-order valence-corrected chi connectivity index (χ0v) is 15.2. The van der Waals surface area contributed by atoms with Gasteiger partial charge in [0.15, 0.2) is 6.61 Å². The minimum Gasteiger partial charge on any atom is -0.497 e. The van der Waals surface area contributed by atoms with Gasteiger partial charge in [-0.25, -0.2) is 0 Å². The predicted molar refractivity (Wildman–Crippen MR) is 97.4 cm³/mol. The lowest BCUT2D eigenvalue weighted by atomic mass is 10.1. The molecule has 0 bridgehead atoms. The van der Waals surface area contributed by atoms with Crippen LogP contribution in [0.3, 0.4) is 0 Å². The summed E-state index contributed by atoms with van der Waals surface area (Å²) in [5.74, 6) is 1.80. The maximum absolute atomic E-state index is 12.0. The molecule has 3 rings (SSSR count). The molecule has 0 fully saturated rings. The normalized spacial score (nSPS) is 10.4. The van der Waals surface area contributed by atoms with Crippen molar-refractivity contribution in [3.05, 3.63) is 60.0 Å². The number of ether oxygens (including phenoxy) is 3. The number of rotatable bonds is 8. The number of nitrogens with zero attached hydrogens (tertiary/aromatic N) is 2. The average Bonchev–Trinajstić information content (AvgIpc) is 3.17. The fraction of sp³-hybridized carbons (Fsp3) is 0.250. The van der Waals surface area contributed by atoms with Gasteiger partial charge < -0.3 is 18.7 Å². The number of hydrogen-bond donors (Lipinski definition) is 0. The lowest BCUT2D eigenvalue weighted by Crippen LogP contribution is -2.08. The van der Waals surface area contributed by atoms with Crippen molar-refractivity contribution in [2.45, 2.75) is 20.0 Å². The van der Waals surface area contributed by atoms with E-state index in [-0.39, 0.29) is 24.9 Å². The predicted octanol–water partition coefficient (Wildman–Crippen LogP) is 3.43. The second-order valence-electron chi connectivity index (χ2n) is 5.65. The first kappa shape index (κ1) is 18.4. The SMILES string of the molecule is CCOc1ccc(CC(=O)OCc2nc(-c3ccc(OC)cc3)no2)cc1. The molecule has 0 spiro atoms. The van der Waals surface area contributed by atoms with Crippen molar-refractivity contribution in [2.75, 3.05) is 13.7 Å². The zero-order valence-electron chi connectivity index (χ0n) is 15.2. The van der Waals surface area contributed by atoms with Crippen molar-refractivity contribution in [1.29, 1.82) is 0 Å². The minimum absolute atomic E-state index is 0.0704. The molecule has 0 amide bonds. The number of carbonyl (C=O) groups excluding carboxylic acids is 1. The van der Waals surface area contributed by atoms with E-state index in [4.69, 9.17) is 18.7 Å². The third kappa shape index (κ3) is 5.07. The maximum Gasteiger partial charge on any atom is 0.310 e. The molecule has 1 heterocycles. The summed E-state index contributed by atoms with van der Waals surface area (Å²) in [4.78, 5) is 16.2. The average molecular weight is 368 g/mol. The fourth-order valence-corrected chi connectivity index (χ4v) is 2.40. The van der Waals surface area contributed by atoms with Crippen LogP contribution in [0.4, 0.5) is 0 Å². The van der Waals surface area contributed by atoms with Gasteiger partial charge in [0.1, 0.15) is 11.5 Å². The fourth-order valence-electron chi connectivity index (χ4n) is 2.40. The van der Waals surface area contributed by atoms with Gasteiger partial charge in [0.05, 0.1) is 20.1 Å². The third-order valence-corrected chi connectivity index (χ3v) is 3.76. The number of esters is 1. The van der Waals surface area contributed by atoms with Gasteiger partial charge in [-0.1, -0.05) is 17.3 Å². The monoisotopic (exact) mass is 368 g/mol. The quantitative estimate of drug-likeness (QED) is 0.563. The zero-order chi connectivity index (χ0) is 19.1. The van der Waals surface area contributed by atoms with Crippen LogP contribution < -0.4 is 9.47 Å². The molecule has 0 radical (unpaired) electrons. The molecule has 7 nitrogen and oxygen atoms in total. The molecule has 0 unspecified atom stereocenters. The number of aromatic nitrogens is 2. The van der Waals surface area contributed by atoms with Crippen molar-refractivity contribution in [1.82, 2.24) is 10.1 Å². The van der Waals surface area contributed by atoms with Gasteiger partial charge in [0.25, 0.3) is 5.89 Å². The van der Waals surface area contributed by atoms with E-state index < -0.39 is 0 Å². The molecule has 140 valence electrons. The smallest absolute Gasteiger partial charge is 0.310 e. The highest BCUT2D eigenvalue weighted by molar-refractivity contribution is 5.72. The standard InChI is InChI=1S/C20H20N2O5/c1-3-25-17-8-4-14(5-9-17)12-19(23)26-13-18-21-20(22-27-18)15-6-10-16(24-2)11-7-15/h4-11H,3,12-13H2,1-2H3. The van der Waals surface area contributed by atoms with Crippen LogP contribution in [0.2, 0.25) is 0 Å².